The summed E-state index contributed by atoms with van der Waals surface area (Å²) in [5, 5.41) is 19.1. The lowest BCUT2D eigenvalue weighted by Gasteiger charge is -2.35. The molecule has 0 saturated heterocycles. The number of ether oxygens (including phenoxy) is 1. The fraction of sp³-hybridized carbons (Fsp3) is 0.333. The molecule has 3 heterocycles. The van der Waals surface area contributed by atoms with Gasteiger partial charge in [0.15, 0.2) is 0 Å². The predicted octanol–water partition coefficient (Wildman–Crippen LogP) is 4.57. The van der Waals surface area contributed by atoms with Crippen LogP contribution in [0.25, 0.3) is 11.8 Å². The minimum absolute atomic E-state index is 0.00141. The number of nitrogens with one attached hydrogen (secondary N) is 1. The molecule has 1 fully saturated rings. The van der Waals surface area contributed by atoms with Gasteiger partial charge in [-0.15, -0.1) is 11.3 Å². The zero-order valence-electron chi connectivity index (χ0n) is 18.4. The molecule has 0 radical (unpaired) electrons. The second kappa shape index (κ2) is 9.99. The molecular weight excluding hydrogens is 440 g/mol. The number of carbonyl (C=O) groups is 2. The molecule has 1 aliphatic carbocycles. The molecule has 0 spiro atoms. The highest BCUT2D eigenvalue weighted by Crippen LogP contribution is 2.40. The first-order chi connectivity index (χ1) is 16.0. The maximum atomic E-state index is 13.4. The summed E-state index contributed by atoms with van der Waals surface area (Å²) in [6, 6.07) is 7.42. The number of carbonyl (C=O) groups excluding carboxylic acids is 1. The number of aromatic nitrogens is 3. The van der Waals surface area contributed by atoms with Crippen LogP contribution in [0.5, 0.6) is 5.88 Å². The van der Waals surface area contributed by atoms with Crippen LogP contribution >= 0.6 is 11.3 Å². The molecule has 1 saturated carbocycles. The van der Waals surface area contributed by atoms with E-state index >= 15 is 0 Å². The first kappa shape index (κ1) is 22.7. The highest BCUT2D eigenvalue weighted by Gasteiger charge is 2.40. The van der Waals surface area contributed by atoms with E-state index in [1.165, 1.54) is 17.4 Å². The van der Waals surface area contributed by atoms with Gasteiger partial charge in [0.25, 0.3) is 0 Å². The minimum atomic E-state index is -1.00. The molecule has 8 nitrogen and oxygen atoms in total. The smallest absolute Gasteiger partial charge is 0.328 e. The molecule has 1 amide bonds. The SMILES string of the molecule is COc1ccc(-n2ccc(CC3(C(=O)Nc4cc(/C=C/C(=O)O)cs4)CCCCC3)n2)cn1. The van der Waals surface area contributed by atoms with Gasteiger partial charge in [-0.3, -0.25) is 4.79 Å². The average molecular weight is 467 g/mol. The second-order valence-electron chi connectivity index (χ2n) is 8.20. The highest BCUT2D eigenvalue weighted by atomic mass is 32.1. The third-order valence-corrected chi connectivity index (χ3v) is 6.79. The number of amides is 1. The van der Waals surface area contributed by atoms with Gasteiger partial charge in [-0.1, -0.05) is 19.3 Å². The highest BCUT2D eigenvalue weighted by molar-refractivity contribution is 7.14. The van der Waals surface area contributed by atoms with Crippen LogP contribution in [0.2, 0.25) is 0 Å². The molecule has 0 unspecified atom stereocenters. The molecule has 0 bridgehead atoms. The Morgan fingerprint density at radius 3 is 2.79 bits per heavy atom. The predicted molar refractivity (Wildman–Crippen MR) is 127 cm³/mol. The van der Waals surface area contributed by atoms with Crippen molar-refractivity contribution in [3.63, 3.8) is 0 Å². The Morgan fingerprint density at radius 2 is 2.09 bits per heavy atom. The molecule has 0 aromatic carbocycles. The first-order valence-electron chi connectivity index (χ1n) is 10.8. The number of aliphatic carboxylic acids is 1. The van der Waals surface area contributed by atoms with E-state index in [4.69, 9.17) is 14.9 Å². The van der Waals surface area contributed by atoms with E-state index in [0.717, 1.165) is 55.1 Å². The number of thiophene rings is 1. The second-order valence-corrected chi connectivity index (χ2v) is 9.11. The van der Waals surface area contributed by atoms with Crippen LogP contribution in [0.3, 0.4) is 0 Å². The van der Waals surface area contributed by atoms with E-state index in [1.54, 1.807) is 30.1 Å². The average Bonchev–Trinajstić information content (AvgIpc) is 3.48. The van der Waals surface area contributed by atoms with Gasteiger partial charge in [-0.05, 0) is 42.7 Å². The van der Waals surface area contributed by atoms with Crippen LogP contribution < -0.4 is 10.1 Å². The van der Waals surface area contributed by atoms with Gasteiger partial charge in [0.2, 0.25) is 11.8 Å². The van der Waals surface area contributed by atoms with Gasteiger partial charge in [0.1, 0.15) is 0 Å². The minimum Gasteiger partial charge on any atom is -0.481 e. The maximum absolute atomic E-state index is 13.4. The summed E-state index contributed by atoms with van der Waals surface area (Å²) >= 11 is 1.39. The monoisotopic (exact) mass is 466 g/mol. The van der Waals surface area contributed by atoms with Gasteiger partial charge in [-0.25, -0.2) is 14.5 Å². The topological polar surface area (TPSA) is 106 Å². The Hall–Kier alpha value is -3.46. The van der Waals surface area contributed by atoms with Crippen molar-refractivity contribution in [3.8, 4) is 11.6 Å². The maximum Gasteiger partial charge on any atom is 0.328 e. The number of rotatable bonds is 8. The number of carboxylic acid groups (broad SMARTS) is 1. The van der Waals surface area contributed by atoms with E-state index in [1.807, 2.05) is 23.7 Å². The largest absolute Gasteiger partial charge is 0.481 e. The van der Waals surface area contributed by atoms with E-state index in [0.29, 0.717) is 17.3 Å². The zero-order chi connectivity index (χ0) is 23.3. The first-order valence-corrected chi connectivity index (χ1v) is 11.7. The van der Waals surface area contributed by atoms with Gasteiger partial charge in [-0.2, -0.15) is 5.10 Å². The molecule has 1 aliphatic rings. The standard InChI is InChI=1S/C24H26N4O4S/c1-32-20-7-6-19(15-25-20)28-12-9-18(27-28)14-24(10-3-2-4-11-24)23(31)26-21-13-17(16-33-21)5-8-22(29)30/h5-9,12-13,15-16H,2-4,10-11,14H2,1H3,(H,26,31)(H,29,30)/b8-5+. The Morgan fingerprint density at radius 1 is 1.27 bits per heavy atom. The summed E-state index contributed by atoms with van der Waals surface area (Å²) in [5.41, 5.74) is 1.92. The number of carboxylic acids is 1. The Bertz CT molecular complexity index is 1140. The van der Waals surface area contributed by atoms with Crippen molar-refractivity contribution in [2.24, 2.45) is 5.41 Å². The van der Waals surface area contributed by atoms with Crippen LogP contribution in [-0.4, -0.2) is 38.9 Å². The van der Waals surface area contributed by atoms with Gasteiger partial charge in [0.05, 0.1) is 35.1 Å². The van der Waals surface area contributed by atoms with E-state index in [-0.39, 0.29) is 5.91 Å². The summed E-state index contributed by atoms with van der Waals surface area (Å²) in [5.74, 6) is -0.463. The van der Waals surface area contributed by atoms with Crippen LogP contribution in [0.1, 0.15) is 43.4 Å². The van der Waals surface area contributed by atoms with Crippen molar-refractivity contribution in [3.05, 3.63) is 59.4 Å². The molecular formula is C24H26N4O4S. The number of hydrogen-bond donors (Lipinski definition) is 2. The van der Waals surface area contributed by atoms with Crippen molar-refractivity contribution in [2.45, 2.75) is 38.5 Å². The van der Waals surface area contributed by atoms with Crippen LogP contribution in [-0.2, 0) is 16.0 Å². The Balaban J connectivity index is 1.50. The number of methoxy groups -OCH3 is 1. The Labute approximate surface area is 195 Å². The normalized spacial score (nSPS) is 15.4. The van der Waals surface area contributed by atoms with E-state index in [2.05, 4.69) is 10.3 Å². The van der Waals surface area contributed by atoms with Crippen LogP contribution in [0.4, 0.5) is 5.00 Å². The molecule has 9 heteroatoms. The third kappa shape index (κ3) is 5.48. The summed E-state index contributed by atoms with van der Waals surface area (Å²) in [4.78, 5) is 28.4. The van der Waals surface area contributed by atoms with Gasteiger partial charge < -0.3 is 15.2 Å². The molecule has 33 heavy (non-hydrogen) atoms. The van der Waals surface area contributed by atoms with Crippen molar-refractivity contribution >= 4 is 34.3 Å². The zero-order valence-corrected chi connectivity index (χ0v) is 19.2. The van der Waals surface area contributed by atoms with Crippen LogP contribution in [0.15, 0.2) is 48.1 Å². The molecule has 3 aromatic rings. The van der Waals surface area contributed by atoms with Crippen molar-refractivity contribution in [2.75, 3.05) is 12.4 Å². The third-order valence-electron chi connectivity index (χ3n) is 5.93. The fourth-order valence-corrected chi connectivity index (χ4v) is 4.97. The van der Waals surface area contributed by atoms with E-state index in [9.17, 15) is 9.59 Å². The number of hydrogen-bond acceptors (Lipinski definition) is 6. The van der Waals surface area contributed by atoms with E-state index < -0.39 is 11.4 Å². The summed E-state index contributed by atoms with van der Waals surface area (Å²) < 4.78 is 6.87. The summed E-state index contributed by atoms with van der Waals surface area (Å²) in [6.07, 6.45) is 11.5. The lowest BCUT2D eigenvalue weighted by molar-refractivity contribution is -0.131. The molecule has 2 N–H and O–H groups in total. The molecule has 4 rings (SSSR count). The summed E-state index contributed by atoms with van der Waals surface area (Å²) in [7, 11) is 1.58. The fourth-order valence-electron chi connectivity index (χ4n) is 4.20. The molecule has 172 valence electrons. The quantitative estimate of drug-likeness (QED) is 0.471. The summed E-state index contributed by atoms with van der Waals surface area (Å²) in [6.45, 7) is 0. The number of nitrogens with zero attached hydrogens (tertiary/aromatic N) is 3. The molecule has 0 aliphatic heterocycles. The lowest BCUT2D eigenvalue weighted by atomic mass is 9.70. The Kier molecular flexibility index (Phi) is 6.88. The van der Waals surface area contributed by atoms with Crippen molar-refractivity contribution in [1.82, 2.24) is 14.8 Å². The lowest BCUT2D eigenvalue weighted by Crippen LogP contribution is -2.40. The molecule has 0 atom stereocenters. The van der Waals surface area contributed by atoms with Crippen molar-refractivity contribution < 1.29 is 19.4 Å². The molecule has 3 aromatic heterocycles. The number of pyridine rings is 1. The van der Waals surface area contributed by atoms with Gasteiger partial charge >= 0.3 is 5.97 Å². The van der Waals surface area contributed by atoms with Gasteiger partial charge in [0, 0.05) is 30.1 Å². The van der Waals surface area contributed by atoms with Crippen LogP contribution in [0, 0.1) is 5.41 Å². The number of anilines is 1. The van der Waals surface area contributed by atoms with Crippen molar-refractivity contribution in [1.29, 1.82) is 0 Å².